The Kier molecular flexibility index (Phi) is 5.58. The lowest BCUT2D eigenvalue weighted by Crippen LogP contribution is -2.11. The predicted molar refractivity (Wildman–Crippen MR) is 104 cm³/mol. The molecule has 0 aliphatic rings. The fourth-order valence-corrected chi connectivity index (χ4v) is 4.41. The molecule has 7 heteroatoms. The van der Waals surface area contributed by atoms with Crippen LogP contribution in [0, 0.1) is 6.92 Å². The molecule has 0 N–H and O–H groups in total. The van der Waals surface area contributed by atoms with Gasteiger partial charge in [-0.15, -0.1) is 16.8 Å². The van der Waals surface area contributed by atoms with Gasteiger partial charge in [0.05, 0.1) is 4.90 Å². The van der Waals surface area contributed by atoms with Gasteiger partial charge in [-0.2, -0.15) is 0 Å². The minimum Gasteiger partial charge on any atom is -0.273 e. The Hall–Kier alpha value is -2.38. The first kappa shape index (κ1) is 18.4. The van der Waals surface area contributed by atoms with Crippen LogP contribution < -0.4 is 0 Å². The van der Waals surface area contributed by atoms with Gasteiger partial charge in [-0.1, -0.05) is 53.7 Å². The minimum absolute atomic E-state index is 0.216. The van der Waals surface area contributed by atoms with E-state index in [2.05, 4.69) is 16.8 Å². The fraction of sp³-hybridized carbons (Fsp3) is 0.158. The van der Waals surface area contributed by atoms with Gasteiger partial charge in [-0.25, -0.2) is 8.42 Å². The van der Waals surface area contributed by atoms with Gasteiger partial charge in [-0.3, -0.25) is 4.57 Å². The number of nitrogens with zero attached hydrogens (tertiary/aromatic N) is 3. The third kappa shape index (κ3) is 4.05. The number of rotatable bonds is 7. The number of sulfone groups is 1. The zero-order valence-electron chi connectivity index (χ0n) is 14.4. The average Bonchev–Trinajstić information content (AvgIpc) is 3.02. The minimum atomic E-state index is -3.52. The third-order valence-corrected chi connectivity index (χ3v) is 6.30. The summed E-state index contributed by atoms with van der Waals surface area (Å²) >= 11 is 1.46. The Bertz CT molecular complexity index is 995. The largest absolute Gasteiger partial charge is 0.273 e. The molecule has 2 aromatic carbocycles. The van der Waals surface area contributed by atoms with Crippen LogP contribution in [0.3, 0.4) is 0 Å². The van der Waals surface area contributed by atoms with E-state index >= 15 is 0 Å². The molecule has 1 heterocycles. The zero-order valence-corrected chi connectivity index (χ0v) is 16.0. The molecule has 134 valence electrons. The summed E-state index contributed by atoms with van der Waals surface area (Å²) in [6, 6.07) is 16.4. The molecular weight excluding hydrogens is 366 g/mol. The van der Waals surface area contributed by atoms with E-state index in [4.69, 9.17) is 0 Å². The van der Waals surface area contributed by atoms with Gasteiger partial charge in [-0.05, 0) is 31.2 Å². The Morgan fingerprint density at radius 1 is 1.08 bits per heavy atom. The van der Waals surface area contributed by atoms with Crippen LogP contribution in [-0.4, -0.2) is 28.9 Å². The summed E-state index contributed by atoms with van der Waals surface area (Å²) in [5, 5.41) is 8.98. The van der Waals surface area contributed by atoms with Gasteiger partial charge < -0.3 is 0 Å². The van der Waals surface area contributed by atoms with Crippen molar-refractivity contribution in [3.05, 3.63) is 78.6 Å². The standard InChI is InChI=1S/C19H19N3O2S2/c1-3-13-25-19-21-20-18(22(19)16-7-5-4-6-8-16)14-26(23,24)17-11-9-15(2)10-12-17/h3-12H,1,13-14H2,2H3. The van der Waals surface area contributed by atoms with Crippen molar-refractivity contribution >= 4 is 21.6 Å². The van der Waals surface area contributed by atoms with Crippen molar-refractivity contribution in [2.45, 2.75) is 22.7 Å². The van der Waals surface area contributed by atoms with Crippen molar-refractivity contribution in [1.82, 2.24) is 14.8 Å². The molecule has 0 saturated heterocycles. The molecule has 5 nitrogen and oxygen atoms in total. The van der Waals surface area contributed by atoms with Crippen molar-refractivity contribution in [3.63, 3.8) is 0 Å². The Labute approximate surface area is 157 Å². The highest BCUT2D eigenvalue weighted by Gasteiger charge is 2.22. The molecular formula is C19H19N3O2S2. The monoisotopic (exact) mass is 385 g/mol. The summed E-state index contributed by atoms with van der Waals surface area (Å²) < 4.78 is 27.4. The summed E-state index contributed by atoms with van der Waals surface area (Å²) in [5.41, 5.74) is 1.85. The molecule has 0 unspecified atom stereocenters. The van der Waals surface area contributed by atoms with Crippen LogP contribution in [-0.2, 0) is 15.6 Å². The lowest BCUT2D eigenvalue weighted by molar-refractivity contribution is 0.593. The van der Waals surface area contributed by atoms with Crippen LogP contribution in [0.15, 0.2) is 77.3 Å². The number of hydrogen-bond acceptors (Lipinski definition) is 5. The SMILES string of the molecule is C=CCSc1nnc(CS(=O)(=O)c2ccc(C)cc2)n1-c1ccccc1. The van der Waals surface area contributed by atoms with Crippen molar-refractivity contribution in [1.29, 1.82) is 0 Å². The summed E-state index contributed by atoms with van der Waals surface area (Å²) in [6.45, 7) is 5.64. The third-order valence-electron chi connectivity index (χ3n) is 3.74. The van der Waals surface area contributed by atoms with Crippen molar-refractivity contribution in [3.8, 4) is 5.69 Å². The number of aromatic nitrogens is 3. The first-order valence-electron chi connectivity index (χ1n) is 8.04. The molecule has 26 heavy (non-hydrogen) atoms. The van der Waals surface area contributed by atoms with Crippen LogP contribution in [0.5, 0.6) is 0 Å². The fourth-order valence-electron chi connectivity index (χ4n) is 2.46. The highest BCUT2D eigenvalue weighted by molar-refractivity contribution is 7.99. The normalized spacial score (nSPS) is 11.4. The molecule has 0 spiro atoms. The van der Waals surface area contributed by atoms with Gasteiger partial charge in [0, 0.05) is 11.4 Å². The molecule has 0 fully saturated rings. The smallest absolute Gasteiger partial charge is 0.196 e. The second kappa shape index (κ2) is 7.88. The van der Waals surface area contributed by atoms with Gasteiger partial charge in [0.1, 0.15) is 5.75 Å². The lowest BCUT2D eigenvalue weighted by Gasteiger charge is -2.10. The van der Waals surface area contributed by atoms with Crippen LogP contribution in [0.4, 0.5) is 0 Å². The molecule has 0 aliphatic heterocycles. The second-order valence-corrected chi connectivity index (χ2v) is 8.72. The van der Waals surface area contributed by atoms with Gasteiger partial charge >= 0.3 is 0 Å². The van der Waals surface area contributed by atoms with E-state index in [9.17, 15) is 8.42 Å². The van der Waals surface area contributed by atoms with Crippen LogP contribution in [0.2, 0.25) is 0 Å². The topological polar surface area (TPSA) is 64.8 Å². The van der Waals surface area contributed by atoms with E-state index in [1.807, 2.05) is 37.3 Å². The van der Waals surface area contributed by atoms with E-state index in [1.165, 1.54) is 11.8 Å². The summed E-state index contributed by atoms with van der Waals surface area (Å²) in [4.78, 5) is 0.283. The lowest BCUT2D eigenvalue weighted by atomic mass is 10.2. The Balaban J connectivity index is 2.01. The highest BCUT2D eigenvalue weighted by atomic mass is 32.2. The number of thioether (sulfide) groups is 1. The van der Waals surface area contributed by atoms with Crippen molar-refractivity contribution in [2.75, 3.05) is 5.75 Å². The molecule has 0 saturated carbocycles. The molecule has 3 rings (SSSR count). The maximum Gasteiger partial charge on any atom is 0.196 e. The van der Waals surface area contributed by atoms with E-state index in [-0.39, 0.29) is 10.6 Å². The number of benzene rings is 2. The zero-order chi connectivity index (χ0) is 18.6. The second-order valence-electron chi connectivity index (χ2n) is 5.74. The number of aryl methyl sites for hydroxylation is 1. The maximum absolute atomic E-state index is 12.8. The quantitative estimate of drug-likeness (QED) is 0.457. The van der Waals surface area contributed by atoms with Crippen LogP contribution in [0.1, 0.15) is 11.4 Å². The molecule has 0 aliphatic carbocycles. The molecule has 0 bridgehead atoms. The average molecular weight is 386 g/mol. The highest BCUT2D eigenvalue weighted by Crippen LogP contribution is 2.24. The van der Waals surface area contributed by atoms with E-state index < -0.39 is 9.84 Å². The van der Waals surface area contributed by atoms with E-state index in [0.29, 0.717) is 16.7 Å². The molecule has 0 radical (unpaired) electrons. The first-order valence-corrected chi connectivity index (χ1v) is 10.7. The molecule has 0 amide bonds. The van der Waals surface area contributed by atoms with E-state index in [0.717, 1.165) is 11.3 Å². The van der Waals surface area contributed by atoms with Crippen molar-refractivity contribution < 1.29 is 8.42 Å². The van der Waals surface area contributed by atoms with Crippen LogP contribution >= 0.6 is 11.8 Å². The number of hydrogen-bond donors (Lipinski definition) is 0. The van der Waals surface area contributed by atoms with E-state index in [1.54, 1.807) is 34.9 Å². The predicted octanol–water partition coefficient (Wildman–Crippen LogP) is 3.83. The van der Waals surface area contributed by atoms with Gasteiger partial charge in [0.2, 0.25) is 0 Å². The first-order chi connectivity index (χ1) is 12.5. The maximum atomic E-state index is 12.8. The summed E-state index contributed by atoms with van der Waals surface area (Å²) in [7, 11) is -3.52. The summed E-state index contributed by atoms with van der Waals surface area (Å²) in [5.74, 6) is 0.839. The van der Waals surface area contributed by atoms with Crippen LogP contribution in [0.25, 0.3) is 5.69 Å². The molecule has 1 aromatic heterocycles. The number of para-hydroxylation sites is 1. The summed E-state index contributed by atoms with van der Waals surface area (Å²) in [6.07, 6.45) is 1.78. The van der Waals surface area contributed by atoms with Gasteiger partial charge in [0.15, 0.2) is 20.8 Å². The van der Waals surface area contributed by atoms with Crippen molar-refractivity contribution in [2.24, 2.45) is 0 Å². The Morgan fingerprint density at radius 2 is 1.77 bits per heavy atom. The molecule has 3 aromatic rings. The Morgan fingerprint density at radius 3 is 2.42 bits per heavy atom. The van der Waals surface area contributed by atoms with Gasteiger partial charge in [0.25, 0.3) is 0 Å². The molecule has 0 atom stereocenters.